The fourth-order valence-electron chi connectivity index (χ4n) is 3.49. The van der Waals surface area contributed by atoms with Crippen LogP contribution >= 0.6 is 0 Å². The second kappa shape index (κ2) is 7.74. The first-order chi connectivity index (χ1) is 12.8. The van der Waals surface area contributed by atoms with E-state index in [0.29, 0.717) is 42.6 Å². The minimum atomic E-state index is -3.72. The molecule has 1 saturated heterocycles. The second-order valence-electron chi connectivity index (χ2n) is 6.84. The monoisotopic (exact) mass is 391 g/mol. The van der Waals surface area contributed by atoms with Crippen LogP contribution in [0.1, 0.15) is 20.3 Å². The van der Waals surface area contributed by atoms with E-state index in [0.717, 1.165) is 0 Å². The Hall–Kier alpha value is -2.32. The molecule has 2 aromatic carbocycles. The van der Waals surface area contributed by atoms with Gasteiger partial charge in [0.25, 0.3) is 0 Å². The topological polar surface area (TPSA) is 102 Å². The number of rotatable bonds is 4. The first-order valence-electron chi connectivity index (χ1n) is 9.04. The molecule has 0 saturated carbocycles. The highest BCUT2D eigenvalue weighted by Crippen LogP contribution is 2.28. The molecule has 1 fully saturated rings. The van der Waals surface area contributed by atoms with Crippen LogP contribution in [0.3, 0.4) is 0 Å². The average molecular weight is 391 g/mol. The van der Waals surface area contributed by atoms with Crippen molar-refractivity contribution in [3.63, 3.8) is 0 Å². The van der Waals surface area contributed by atoms with Crippen molar-refractivity contribution < 1.29 is 17.9 Å². The van der Waals surface area contributed by atoms with E-state index >= 15 is 0 Å². The van der Waals surface area contributed by atoms with Crippen LogP contribution in [0.5, 0.6) is 0 Å². The van der Waals surface area contributed by atoms with Gasteiger partial charge in [0, 0.05) is 35.6 Å². The van der Waals surface area contributed by atoms with Crippen molar-refractivity contribution in [3.8, 4) is 0 Å². The molecule has 1 amide bonds. The highest BCUT2D eigenvalue weighted by molar-refractivity contribution is 7.89. The molecular weight excluding hydrogens is 366 g/mol. The summed E-state index contributed by atoms with van der Waals surface area (Å²) in [6.07, 6.45) is 0.182. The number of carbonyl (C=O) groups excluding carboxylic acids is 1. The van der Waals surface area contributed by atoms with E-state index in [1.807, 2.05) is 19.1 Å². The molecule has 1 heterocycles. The molecule has 0 spiro atoms. The first kappa shape index (κ1) is 19.4. The van der Waals surface area contributed by atoms with Gasteiger partial charge in [0.15, 0.2) is 0 Å². The van der Waals surface area contributed by atoms with Crippen LogP contribution < -0.4 is 10.5 Å². The molecule has 0 radical (unpaired) electrons. The Balaban J connectivity index is 1.80. The number of amides is 1. The number of ether oxygens (including phenoxy) is 1. The minimum absolute atomic E-state index is 0.0297. The van der Waals surface area contributed by atoms with E-state index in [1.54, 1.807) is 36.1 Å². The van der Waals surface area contributed by atoms with Gasteiger partial charge in [-0.25, -0.2) is 17.9 Å². The van der Waals surface area contributed by atoms with Crippen molar-refractivity contribution >= 4 is 32.6 Å². The number of nitrogens with one attached hydrogen (secondary N) is 1. The number of anilines is 1. The van der Waals surface area contributed by atoms with Crippen molar-refractivity contribution in [2.24, 2.45) is 5.92 Å². The lowest BCUT2D eigenvalue weighted by atomic mass is 9.95. The molecule has 0 aromatic heterocycles. The van der Waals surface area contributed by atoms with Gasteiger partial charge in [-0.05, 0) is 31.4 Å². The molecule has 2 atom stereocenters. The molecule has 0 aliphatic carbocycles. The van der Waals surface area contributed by atoms with Crippen molar-refractivity contribution in [1.29, 1.82) is 0 Å². The van der Waals surface area contributed by atoms with Gasteiger partial charge in [0.2, 0.25) is 10.0 Å². The molecule has 2 aromatic rings. The highest BCUT2D eigenvalue weighted by Gasteiger charge is 2.32. The molecule has 1 aliphatic heterocycles. The summed E-state index contributed by atoms with van der Waals surface area (Å²) in [7, 11) is -3.72. The van der Waals surface area contributed by atoms with Gasteiger partial charge in [-0.3, -0.25) is 0 Å². The third kappa shape index (κ3) is 4.01. The van der Waals surface area contributed by atoms with E-state index in [9.17, 15) is 13.2 Å². The maximum Gasteiger partial charge on any atom is 0.409 e. The number of nitrogens with zero attached hydrogens (tertiary/aromatic N) is 1. The molecule has 1 aliphatic rings. The summed E-state index contributed by atoms with van der Waals surface area (Å²) in [4.78, 5) is 13.7. The number of carbonyl (C=O) groups is 1. The fraction of sp³-hybridized carbons (Fsp3) is 0.421. The van der Waals surface area contributed by atoms with Crippen LogP contribution in [0.25, 0.3) is 10.8 Å². The lowest BCUT2D eigenvalue weighted by Gasteiger charge is -2.36. The van der Waals surface area contributed by atoms with Gasteiger partial charge < -0.3 is 15.4 Å². The molecule has 27 heavy (non-hydrogen) atoms. The Bertz CT molecular complexity index is 945. The number of hydrogen-bond acceptors (Lipinski definition) is 5. The van der Waals surface area contributed by atoms with Crippen LogP contribution in [-0.2, 0) is 14.8 Å². The van der Waals surface area contributed by atoms with Gasteiger partial charge >= 0.3 is 6.09 Å². The van der Waals surface area contributed by atoms with Crippen molar-refractivity contribution in [2.45, 2.75) is 31.2 Å². The molecule has 3 N–H and O–H groups in total. The third-order valence-electron chi connectivity index (χ3n) is 4.95. The summed E-state index contributed by atoms with van der Waals surface area (Å²) in [5.41, 5.74) is 6.52. The van der Waals surface area contributed by atoms with E-state index in [-0.39, 0.29) is 22.9 Å². The van der Waals surface area contributed by atoms with Gasteiger partial charge in [0.1, 0.15) is 0 Å². The number of piperidine rings is 1. The van der Waals surface area contributed by atoms with E-state index in [4.69, 9.17) is 10.5 Å². The highest BCUT2D eigenvalue weighted by atomic mass is 32.2. The standard InChI is InChI=1S/C19H25N3O4S/c1-3-26-19(23)22-11-10-17(13(2)12-22)21-27(24,25)18-9-8-16(20)14-6-4-5-7-15(14)18/h4-9,13,17,21H,3,10-12,20H2,1-2H3/t13-,17+/m1/s1. The summed E-state index contributed by atoms with van der Waals surface area (Å²) < 4.78 is 33.9. The zero-order valence-corrected chi connectivity index (χ0v) is 16.3. The Kier molecular flexibility index (Phi) is 5.57. The lowest BCUT2D eigenvalue weighted by Crippen LogP contribution is -2.51. The molecule has 7 nitrogen and oxygen atoms in total. The molecule has 0 unspecified atom stereocenters. The number of likely N-dealkylation sites (tertiary alicyclic amines) is 1. The number of benzene rings is 2. The zero-order valence-electron chi connectivity index (χ0n) is 15.5. The average Bonchev–Trinajstić information content (AvgIpc) is 2.63. The van der Waals surface area contributed by atoms with Gasteiger partial charge in [-0.1, -0.05) is 31.2 Å². The number of nitrogen functional groups attached to an aromatic ring is 1. The van der Waals surface area contributed by atoms with Crippen LogP contribution in [0.4, 0.5) is 10.5 Å². The number of sulfonamides is 1. The maximum absolute atomic E-state index is 13.0. The largest absolute Gasteiger partial charge is 0.450 e. The molecule has 8 heteroatoms. The molecule has 146 valence electrons. The normalized spacial score (nSPS) is 20.6. The lowest BCUT2D eigenvalue weighted by molar-refractivity contribution is 0.0846. The number of nitrogens with two attached hydrogens (primary N) is 1. The van der Waals surface area contributed by atoms with E-state index in [1.165, 1.54) is 0 Å². The summed E-state index contributed by atoms with van der Waals surface area (Å²) in [5.74, 6) is -0.0297. The second-order valence-corrected chi connectivity index (χ2v) is 8.52. The molecular formula is C19H25N3O4S. The van der Waals surface area contributed by atoms with Crippen LogP contribution in [0, 0.1) is 5.92 Å². The van der Waals surface area contributed by atoms with E-state index in [2.05, 4.69) is 4.72 Å². The number of fused-ring (bicyclic) bond motifs is 1. The predicted molar refractivity (Wildman–Crippen MR) is 105 cm³/mol. The van der Waals surface area contributed by atoms with Gasteiger partial charge in [-0.2, -0.15) is 0 Å². The minimum Gasteiger partial charge on any atom is -0.450 e. The smallest absolute Gasteiger partial charge is 0.409 e. The Labute approximate surface area is 159 Å². The first-order valence-corrected chi connectivity index (χ1v) is 10.5. The van der Waals surface area contributed by atoms with Crippen LogP contribution in [-0.4, -0.2) is 45.1 Å². The molecule has 0 bridgehead atoms. The van der Waals surface area contributed by atoms with Crippen molar-refractivity contribution in [1.82, 2.24) is 9.62 Å². The summed E-state index contributed by atoms with van der Waals surface area (Å²) in [5, 5.41) is 1.31. The van der Waals surface area contributed by atoms with Crippen LogP contribution in [0.15, 0.2) is 41.3 Å². The van der Waals surface area contributed by atoms with Gasteiger partial charge in [0.05, 0.1) is 11.5 Å². The van der Waals surface area contributed by atoms with E-state index < -0.39 is 10.0 Å². The van der Waals surface area contributed by atoms with Gasteiger partial charge in [-0.15, -0.1) is 0 Å². The summed E-state index contributed by atoms with van der Waals surface area (Å²) >= 11 is 0. The summed E-state index contributed by atoms with van der Waals surface area (Å²) in [6.45, 7) is 4.93. The Morgan fingerprint density at radius 2 is 1.96 bits per heavy atom. The predicted octanol–water partition coefficient (Wildman–Crippen LogP) is 2.57. The Morgan fingerprint density at radius 3 is 2.63 bits per heavy atom. The van der Waals surface area contributed by atoms with Crippen molar-refractivity contribution in [3.05, 3.63) is 36.4 Å². The quantitative estimate of drug-likeness (QED) is 0.780. The van der Waals surface area contributed by atoms with Crippen molar-refractivity contribution in [2.75, 3.05) is 25.4 Å². The zero-order chi connectivity index (χ0) is 19.6. The Morgan fingerprint density at radius 1 is 1.26 bits per heavy atom. The maximum atomic E-state index is 13.0. The third-order valence-corrected chi connectivity index (χ3v) is 6.49. The molecule has 3 rings (SSSR count). The SMILES string of the molecule is CCOC(=O)N1CC[C@H](NS(=O)(=O)c2ccc(N)c3ccccc23)[C@H](C)C1. The van der Waals surface area contributed by atoms with Crippen LogP contribution in [0.2, 0.25) is 0 Å². The summed E-state index contributed by atoms with van der Waals surface area (Å²) in [6, 6.07) is 10.1. The number of hydrogen-bond donors (Lipinski definition) is 2. The fourth-order valence-corrected chi connectivity index (χ4v) is 5.08.